The first-order valence-corrected chi connectivity index (χ1v) is 11.9. The number of ketones is 1. The number of quaternary nitrogens is 1. The quantitative estimate of drug-likeness (QED) is 0.402. The maximum absolute atomic E-state index is 13.5. The predicted octanol–water partition coefficient (Wildman–Crippen LogP) is 2.44. The Morgan fingerprint density at radius 3 is 2.06 bits per heavy atom. The number of nitrogens with one attached hydrogen (secondary N) is 1. The zero-order valence-corrected chi connectivity index (χ0v) is 20.7. The lowest BCUT2D eigenvalue weighted by atomic mass is 9.85. The number of likely N-dealkylation sites (N-methyl/N-ethyl adjacent to an activating group) is 1. The van der Waals surface area contributed by atoms with Crippen molar-refractivity contribution in [1.82, 2.24) is 4.90 Å². The Morgan fingerprint density at radius 2 is 1.55 bits per heavy atom. The number of aryl methyl sites for hydroxylation is 1. The Hall–Kier alpha value is -2.92. The zero-order valence-electron chi connectivity index (χ0n) is 20.7. The van der Waals surface area contributed by atoms with E-state index in [1.54, 1.807) is 17.0 Å². The Labute approximate surface area is 197 Å². The van der Waals surface area contributed by atoms with Crippen LogP contribution in [0.3, 0.4) is 0 Å². The summed E-state index contributed by atoms with van der Waals surface area (Å²) in [5.74, 6) is -1.63. The first kappa shape index (κ1) is 24.7. The lowest BCUT2D eigenvalue weighted by Gasteiger charge is -2.29. The van der Waals surface area contributed by atoms with Gasteiger partial charge < -0.3 is 14.9 Å². The predicted molar refractivity (Wildman–Crippen MR) is 130 cm³/mol. The third-order valence-corrected chi connectivity index (χ3v) is 6.64. The molecule has 2 aromatic carbocycles. The minimum atomic E-state index is -0.681. The fourth-order valence-electron chi connectivity index (χ4n) is 4.36. The lowest BCUT2D eigenvalue weighted by Crippen LogP contribution is -3.12. The van der Waals surface area contributed by atoms with E-state index in [1.807, 2.05) is 43.3 Å². The summed E-state index contributed by atoms with van der Waals surface area (Å²) in [4.78, 5) is 29.2. The van der Waals surface area contributed by atoms with Crippen molar-refractivity contribution >= 4 is 17.4 Å². The first-order valence-electron chi connectivity index (χ1n) is 11.9. The lowest BCUT2D eigenvalue weighted by molar-refractivity contribution is -0.895. The molecule has 0 spiro atoms. The fraction of sp³-hybridized carbons (Fsp3) is 0.429. The van der Waals surface area contributed by atoms with E-state index in [1.165, 1.54) is 4.90 Å². The van der Waals surface area contributed by atoms with Gasteiger partial charge in [0.2, 0.25) is 5.78 Å². The van der Waals surface area contributed by atoms with Gasteiger partial charge in [-0.1, -0.05) is 80.6 Å². The molecule has 5 nitrogen and oxygen atoms in total. The summed E-state index contributed by atoms with van der Waals surface area (Å²) >= 11 is 0. The Balaban J connectivity index is 2.10. The number of rotatable bonds is 7. The van der Waals surface area contributed by atoms with Gasteiger partial charge in [-0.3, -0.25) is 9.59 Å². The van der Waals surface area contributed by atoms with E-state index in [9.17, 15) is 14.7 Å². The highest BCUT2D eigenvalue weighted by Gasteiger charge is 2.44. The molecule has 1 aliphatic rings. The summed E-state index contributed by atoms with van der Waals surface area (Å²) in [6, 6.07) is 14.5. The summed E-state index contributed by atoms with van der Waals surface area (Å²) < 4.78 is 0. The van der Waals surface area contributed by atoms with Crippen LogP contribution in [0.4, 0.5) is 0 Å². The second kappa shape index (κ2) is 9.92. The van der Waals surface area contributed by atoms with E-state index < -0.39 is 17.7 Å². The molecule has 1 saturated heterocycles. The van der Waals surface area contributed by atoms with Crippen LogP contribution < -0.4 is 10.0 Å². The van der Waals surface area contributed by atoms with Crippen molar-refractivity contribution in [3.63, 3.8) is 0 Å². The molecular formula is C28H36N2O3. The molecule has 3 rings (SSSR count). The highest BCUT2D eigenvalue weighted by Crippen LogP contribution is 2.39. The number of hydrogen-bond acceptors (Lipinski definition) is 3. The van der Waals surface area contributed by atoms with Crippen molar-refractivity contribution < 1.29 is 19.6 Å². The summed E-state index contributed by atoms with van der Waals surface area (Å²) in [5, 5.41) is 13.5. The minimum Gasteiger partial charge on any atom is -0.872 e. The molecule has 1 amide bonds. The van der Waals surface area contributed by atoms with Gasteiger partial charge in [0.25, 0.3) is 5.91 Å². The smallest absolute Gasteiger partial charge is 0.295 e. The van der Waals surface area contributed by atoms with Crippen molar-refractivity contribution in [2.75, 3.05) is 26.2 Å². The largest absolute Gasteiger partial charge is 0.872 e. The third-order valence-electron chi connectivity index (χ3n) is 6.64. The highest BCUT2D eigenvalue weighted by molar-refractivity contribution is 6.46. The number of likely N-dealkylation sites (tertiary alicyclic amines) is 1. The third kappa shape index (κ3) is 5.19. The van der Waals surface area contributed by atoms with Crippen LogP contribution in [0.25, 0.3) is 5.76 Å². The molecule has 0 aromatic heterocycles. The van der Waals surface area contributed by atoms with Crippen LogP contribution in [0, 0.1) is 6.92 Å². The van der Waals surface area contributed by atoms with Crippen LogP contribution in [-0.2, 0) is 15.0 Å². The molecule has 33 heavy (non-hydrogen) atoms. The molecule has 1 N–H and O–H groups in total. The number of carbonyl (C=O) groups is 2. The summed E-state index contributed by atoms with van der Waals surface area (Å²) in [5.41, 5.74) is 3.46. The van der Waals surface area contributed by atoms with E-state index in [-0.39, 0.29) is 16.7 Å². The number of hydrogen-bond donors (Lipinski definition) is 1. The first-order chi connectivity index (χ1) is 15.6. The summed E-state index contributed by atoms with van der Waals surface area (Å²) in [6.07, 6.45) is 0. The van der Waals surface area contributed by atoms with Crippen LogP contribution >= 0.6 is 0 Å². The molecule has 2 aromatic rings. The van der Waals surface area contributed by atoms with Gasteiger partial charge in [0.1, 0.15) is 0 Å². The van der Waals surface area contributed by atoms with E-state index in [2.05, 4.69) is 34.6 Å². The van der Waals surface area contributed by atoms with E-state index in [4.69, 9.17) is 0 Å². The van der Waals surface area contributed by atoms with E-state index in [0.29, 0.717) is 12.1 Å². The summed E-state index contributed by atoms with van der Waals surface area (Å²) in [7, 11) is 0. The van der Waals surface area contributed by atoms with Crippen LogP contribution in [0.15, 0.2) is 54.1 Å². The van der Waals surface area contributed by atoms with Gasteiger partial charge in [0.15, 0.2) is 0 Å². The van der Waals surface area contributed by atoms with Gasteiger partial charge in [0, 0.05) is 5.57 Å². The van der Waals surface area contributed by atoms with Crippen molar-refractivity contribution in [1.29, 1.82) is 0 Å². The van der Waals surface area contributed by atoms with Gasteiger partial charge in [-0.15, -0.1) is 0 Å². The number of Topliss-reactive ketones (excluding diaryl/α,β-unsaturated/α-hetero) is 1. The van der Waals surface area contributed by atoms with Crippen LogP contribution in [0.1, 0.15) is 62.9 Å². The number of benzene rings is 2. The second-order valence-electron chi connectivity index (χ2n) is 9.92. The molecule has 5 heteroatoms. The van der Waals surface area contributed by atoms with E-state index in [0.717, 1.165) is 36.3 Å². The number of carbonyl (C=O) groups excluding carboxylic acids is 2. The molecule has 1 aliphatic heterocycles. The van der Waals surface area contributed by atoms with Crippen molar-refractivity contribution in [3.8, 4) is 0 Å². The maximum Gasteiger partial charge on any atom is 0.295 e. The van der Waals surface area contributed by atoms with Crippen molar-refractivity contribution in [3.05, 3.63) is 76.4 Å². The average molecular weight is 449 g/mol. The van der Waals surface area contributed by atoms with Crippen LogP contribution in [-0.4, -0.2) is 42.8 Å². The van der Waals surface area contributed by atoms with Gasteiger partial charge in [-0.25, -0.2) is 0 Å². The summed E-state index contributed by atoms with van der Waals surface area (Å²) in [6.45, 7) is 15.6. The molecule has 0 radical (unpaired) electrons. The zero-order chi connectivity index (χ0) is 24.3. The molecule has 0 saturated carbocycles. The molecular weight excluding hydrogens is 412 g/mol. The monoisotopic (exact) mass is 448 g/mol. The number of amides is 1. The topological polar surface area (TPSA) is 64.9 Å². The van der Waals surface area contributed by atoms with Crippen molar-refractivity contribution in [2.24, 2.45) is 0 Å². The Morgan fingerprint density at radius 1 is 0.970 bits per heavy atom. The standard InChI is InChI=1S/C28H36N2O3/c1-7-29(8-2)17-18-30-24(20-13-15-22(16-14-20)28(4,5)6)23(26(32)27(30)33)25(31)21-11-9-19(3)10-12-21/h9-16,24,31H,7-8,17-18H2,1-6H3. The highest BCUT2D eigenvalue weighted by atomic mass is 16.3. The Kier molecular flexibility index (Phi) is 7.43. The maximum atomic E-state index is 13.5. The van der Waals surface area contributed by atoms with Crippen LogP contribution in [0.2, 0.25) is 0 Å². The van der Waals surface area contributed by atoms with Gasteiger partial charge >= 0.3 is 0 Å². The molecule has 1 heterocycles. The molecule has 176 valence electrons. The molecule has 1 unspecified atom stereocenters. The van der Waals surface area contributed by atoms with Crippen molar-refractivity contribution in [2.45, 2.75) is 53.0 Å². The van der Waals surface area contributed by atoms with Gasteiger partial charge in [-0.2, -0.15) is 0 Å². The van der Waals surface area contributed by atoms with Gasteiger partial charge in [0.05, 0.1) is 32.2 Å². The SMILES string of the molecule is CC[NH+](CC)CCN1C(=O)C(=O)C(=C([O-])c2ccc(C)cc2)C1c1ccc(C(C)(C)C)cc1. The Bertz CT molecular complexity index is 1030. The van der Waals surface area contributed by atoms with Gasteiger partial charge in [-0.05, 0) is 42.9 Å². The normalized spacial score (nSPS) is 18.4. The number of nitrogens with zero attached hydrogens (tertiary/aromatic N) is 1. The average Bonchev–Trinajstić information content (AvgIpc) is 3.04. The fourth-order valence-corrected chi connectivity index (χ4v) is 4.36. The van der Waals surface area contributed by atoms with E-state index >= 15 is 0 Å². The van der Waals surface area contributed by atoms with Crippen LogP contribution in [0.5, 0.6) is 0 Å². The molecule has 1 fully saturated rings. The molecule has 0 aliphatic carbocycles. The second-order valence-corrected chi connectivity index (χ2v) is 9.92. The minimum absolute atomic E-state index is 0.0179. The molecule has 1 atom stereocenters. The molecule has 0 bridgehead atoms.